The van der Waals surface area contributed by atoms with Crippen LogP contribution in [0.25, 0.3) is 0 Å². The molecule has 2 aromatic rings. The molecule has 7 nitrogen and oxygen atoms in total. The van der Waals surface area contributed by atoms with Crippen molar-refractivity contribution in [2.75, 3.05) is 27.2 Å². The number of piperidine rings is 1. The van der Waals surface area contributed by atoms with Crippen LogP contribution in [0.5, 0.6) is 0 Å². The highest BCUT2D eigenvalue weighted by molar-refractivity contribution is 7.09. The minimum Gasteiger partial charge on any atom is -0.342 e. The molecule has 142 valence electrons. The molecule has 3 rings (SSSR count). The van der Waals surface area contributed by atoms with Gasteiger partial charge in [-0.05, 0) is 40.8 Å². The van der Waals surface area contributed by atoms with Gasteiger partial charge in [0, 0.05) is 30.9 Å². The zero-order valence-corrected chi connectivity index (χ0v) is 16.9. The molecule has 1 amide bonds. The van der Waals surface area contributed by atoms with Gasteiger partial charge in [0.25, 0.3) is 0 Å². The molecule has 3 heterocycles. The van der Waals surface area contributed by atoms with E-state index in [4.69, 9.17) is 0 Å². The van der Waals surface area contributed by atoms with E-state index < -0.39 is 0 Å². The maximum atomic E-state index is 12.5. The van der Waals surface area contributed by atoms with Crippen LogP contribution < -0.4 is 0 Å². The number of carbonyl (C=O) groups is 1. The molecule has 8 heteroatoms. The first-order chi connectivity index (χ1) is 12.5. The summed E-state index contributed by atoms with van der Waals surface area (Å²) >= 11 is 1.60. The van der Waals surface area contributed by atoms with Gasteiger partial charge in [0.1, 0.15) is 11.6 Å². The van der Waals surface area contributed by atoms with Gasteiger partial charge < -0.3 is 14.4 Å². The van der Waals surface area contributed by atoms with Crippen LogP contribution in [0.3, 0.4) is 0 Å². The molecule has 1 saturated heterocycles. The average Bonchev–Trinajstić information content (AvgIpc) is 3.20. The van der Waals surface area contributed by atoms with E-state index in [0.717, 1.165) is 61.4 Å². The second-order valence-electron chi connectivity index (χ2n) is 7.15. The van der Waals surface area contributed by atoms with Gasteiger partial charge in [0.05, 0.1) is 23.7 Å². The predicted octanol–water partition coefficient (Wildman–Crippen LogP) is 2.07. The number of aromatic nitrogens is 4. The second kappa shape index (κ2) is 8.26. The Morgan fingerprint density at radius 2 is 2.04 bits per heavy atom. The van der Waals surface area contributed by atoms with E-state index in [0.29, 0.717) is 12.3 Å². The minimum absolute atomic E-state index is 0.180. The first-order valence-electron chi connectivity index (χ1n) is 9.23. The Hall–Kier alpha value is -1.80. The molecule has 26 heavy (non-hydrogen) atoms. The average molecular weight is 377 g/mol. The molecule has 0 radical (unpaired) electrons. The molecule has 0 aromatic carbocycles. The van der Waals surface area contributed by atoms with Gasteiger partial charge in [-0.15, -0.1) is 21.5 Å². The Kier molecular flexibility index (Phi) is 6.03. The fourth-order valence-corrected chi connectivity index (χ4v) is 4.15. The Morgan fingerprint density at radius 1 is 1.31 bits per heavy atom. The highest BCUT2D eigenvalue weighted by atomic mass is 32.1. The number of hydrogen-bond acceptors (Lipinski definition) is 6. The Morgan fingerprint density at radius 3 is 2.62 bits per heavy atom. The van der Waals surface area contributed by atoms with E-state index in [1.807, 2.05) is 31.3 Å². The lowest BCUT2D eigenvalue weighted by molar-refractivity contribution is -0.131. The third-order valence-electron chi connectivity index (χ3n) is 4.84. The van der Waals surface area contributed by atoms with Gasteiger partial charge in [0.15, 0.2) is 0 Å². The van der Waals surface area contributed by atoms with Crippen LogP contribution in [0.4, 0.5) is 0 Å². The molecule has 0 unspecified atom stereocenters. The number of carbonyl (C=O) groups excluding carboxylic acids is 1. The number of rotatable bonds is 6. The standard InChI is InChI=1S/C18H28N6OS/c1-5-24-16(11-22(3)4)20-21-18(24)14-6-8-23(9-7-14)17(25)10-15-12-26-13(2)19-15/h12,14H,5-11H2,1-4H3. The van der Waals surface area contributed by atoms with Gasteiger partial charge in [-0.2, -0.15) is 0 Å². The summed E-state index contributed by atoms with van der Waals surface area (Å²) in [4.78, 5) is 21.0. The van der Waals surface area contributed by atoms with Crippen molar-refractivity contribution in [1.82, 2.24) is 29.5 Å². The van der Waals surface area contributed by atoms with Crippen molar-refractivity contribution in [3.8, 4) is 0 Å². The maximum absolute atomic E-state index is 12.5. The normalized spacial score (nSPS) is 15.8. The molecule has 0 bridgehead atoms. The molecule has 0 spiro atoms. The minimum atomic E-state index is 0.180. The van der Waals surface area contributed by atoms with Crippen molar-refractivity contribution >= 4 is 17.2 Å². The molecule has 0 atom stereocenters. The monoisotopic (exact) mass is 376 g/mol. The number of aryl methyl sites for hydroxylation is 1. The molecule has 2 aromatic heterocycles. The Bertz CT molecular complexity index is 745. The van der Waals surface area contributed by atoms with Crippen LogP contribution in [0.1, 0.15) is 48.0 Å². The third-order valence-corrected chi connectivity index (χ3v) is 5.66. The van der Waals surface area contributed by atoms with Crippen LogP contribution in [0.2, 0.25) is 0 Å². The van der Waals surface area contributed by atoms with E-state index in [1.165, 1.54) is 0 Å². The van der Waals surface area contributed by atoms with Crippen LogP contribution in [0.15, 0.2) is 5.38 Å². The first-order valence-corrected chi connectivity index (χ1v) is 10.1. The van der Waals surface area contributed by atoms with E-state index >= 15 is 0 Å². The largest absolute Gasteiger partial charge is 0.342 e. The summed E-state index contributed by atoms with van der Waals surface area (Å²) in [5, 5.41) is 11.9. The van der Waals surface area contributed by atoms with E-state index in [-0.39, 0.29) is 5.91 Å². The van der Waals surface area contributed by atoms with Crippen molar-refractivity contribution in [1.29, 1.82) is 0 Å². The lowest BCUT2D eigenvalue weighted by atomic mass is 9.95. The zero-order valence-electron chi connectivity index (χ0n) is 16.1. The number of likely N-dealkylation sites (tertiary alicyclic amines) is 1. The number of thiazole rings is 1. The Labute approximate surface area is 159 Å². The summed E-state index contributed by atoms with van der Waals surface area (Å²) in [7, 11) is 4.09. The fraction of sp³-hybridized carbons (Fsp3) is 0.667. The molecular formula is C18H28N6OS. The molecule has 1 fully saturated rings. The molecule has 1 aliphatic heterocycles. The van der Waals surface area contributed by atoms with Crippen molar-refractivity contribution in [3.63, 3.8) is 0 Å². The lowest BCUT2D eigenvalue weighted by Crippen LogP contribution is -2.39. The van der Waals surface area contributed by atoms with Crippen LogP contribution >= 0.6 is 11.3 Å². The molecule has 1 aliphatic rings. The van der Waals surface area contributed by atoms with Crippen LogP contribution in [-0.4, -0.2) is 62.6 Å². The lowest BCUT2D eigenvalue weighted by Gasteiger charge is -2.31. The predicted molar refractivity (Wildman–Crippen MR) is 102 cm³/mol. The number of nitrogens with zero attached hydrogens (tertiary/aromatic N) is 6. The highest BCUT2D eigenvalue weighted by Crippen LogP contribution is 2.28. The maximum Gasteiger partial charge on any atom is 0.228 e. The van der Waals surface area contributed by atoms with E-state index in [2.05, 4.69) is 31.6 Å². The smallest absolute Gasteiger partial charge is 0.228 e. The quantitative estimate of drug-likeness (QED) is 0.772. The van der Waals surface area contributed by atoms with Crippen molar-refractivity contribution in [2.45, 2.75) is 52.1 Å². The van der Waals surface area contributed by atoms with Crippen molar-refractivity contribution in [2.24, 2.45) is 0 Å². The number of hydrogen-bond donors (Lipinski definition) is 0. The SMILES string of the molecule is CCn1c(CN(C)C)nnc1C1CCN(C(=O)Cc2csc(C)n2)CC1. The van der Waals surface area contributed by atoms with Crippen molar-refractivity contribution in [3.05, 3.63) is 27.7 Å². The van der Waals surface area contributed by atoms with Gasteiger partial charge in [0.2, 0.25) is 5.91 Å². The summed E-state index contributed by atoms with van der Waals surface area (Å²) < 4.78 is 2.24. The van der Waals surface area contributed by atoms with E-state index in [1.54, 1.807) is 11.3 Å². The fourth-order valence-electron chi connectivity index (χ4n) is 3.54. The summed E-state index contributed by atoms with van der Waals surface area (Å²) in [5.41, 5.74) is 0.888. The van der Waals surface area contributed by atoms with Crippen molar-refractivity contribution < 1.29 is 4.79 Å². The third kappa shape index (κ3) is 4.29. The van der Waals surface area contributed by atoms with Crippen LogP contribution in [-0.2, 0) is 24.3 Å². The molecule has 0 aliphatic carbocycles. The topological polar surface area (TPSA) is 67.2 Å². The second-order valence-corrected chi connectivity index (χ2v) is 8.21. The van der Waals surface area contributed by atoms with Gasteiger partial charge in [-0.25, -0.2) is 4.98 Å². The Balaban J connectivity index is 1.60. The zero-order chi connectivity index (χ0) is 18.7. The van der Waals surface area contributed by atoms with Crippen LogP contribution in [0, 0.1) is 6.92 Å². The van der Waals surface area contributed by atoms with Gasteiger partial charge in [-0.3, -0.25) is 4.79 Å². The van der Waals surface area contributed by atoms with Gasteiger partial charge >= 0.3 is 0 Å². The summed E-state index contributed by atoms with van der Waals surface area (Å²) in [5.74, 6) is 2.65. The van der Waals surface area contributed by atoms with E-state index in [9.17, 15) is 4.79 Å². The molecule has 0 N–H and O–H groups in total. The van der Waals surface area contributed by atoms with Gasteiger partial charge in [-0.1, -0.05) is 0 Å². The summed E-state index contributed by atoms with van der Waals surface area (Å²) in [6, 6.07) is 0. The molecular weight excluding hydrogens is 348 g/mol. The molecule has 0 saturated carbocycles. The number of amides is 1. The highest BCUT2D eigenvalue weighted by Gasteiger charge is 2.28. The summed E-state index contributed by atoms with van der Waals surface area (Å²) in [6.45, 7) is 7.36. The first kappa shape index (κ1) is 19.0. The summed E-state index contributed by atoms with van der Waals surface area (Å²) in [6.07, 6.45) is 2.30.